The molecule has 0 aliphatic carbocycles. The lowest BCUT2D eigenvalue weighted by molar-refractivity contribution is -0.00901. The van der Waals surface area contributed by atoms with Crippen molar-refractivity contribution in [3.63, 3.8) is 0 Å². The Kier molecular flexibility index (Phi) is 3.79. The predicted octanol–water partition coefficient (Wildman–Crippen LogP) is -0.889. The molecule has 0 aromatic heterocycles. The van der Waals surface area contributed by atoms with Gasteiger partial charge in [0.1, 0.15) is 0 Å². The predicted molar refractivity (Wildman–Crippen MR) is 40.2 cm³/mol. The van der Waals surface area contributed by atoms with Crippen molar-refractivity contribution in [2.45, 2.75) is 18.6 Å². The maximum Gasteiger partial charge on any atom is 0.0895 e. The van der Waals surface area contributed by atoms with E-state index in [1.807, 2.05) is 0 Å². The summed E-state index contributed by atoms with van der Waals surface area (Å²) in [6, 6.07) is 0. The van der Waals surface area contributed by atoms with Crippen molar-refractivity contribution < 1.29 is 14.6 Å². The van der Waals surface area contributed by atoms with Crippen molar-refractivity contribution in [3.8, 4) is 0 Å². The molecule has 0 bridgehead atoms. The van der Waals surface area contributed by atoms with Crippen molar-refractivity contribution in [2.24, 2.45) is 5.73 Å². The third-order valence-electron chi connectivity index (χ3n) is 1.68. The fraction of sp³-hybridized carbons (Fsp3) is 1.00. The highest BCUT2D eigenvalue weighted by molar-refractivity contribution is 4.64. The molecular weight excluding hydrogens is 146 g/mol. The molecule has 66 valence electrons. The third-order valence-corrected chi connectivity index (χ3v) is 1.68. The smallest absolute Gasteiger partial charge is 0.0895 e. The van der Waals surface area contributed by atoms with Crippen LogP contribution in [0.4, 0.5) is 0 Å². The van der Waals surface area contributed by atoms with Crippen LogP contribution in [0.1, 0.15) is 6.42 Å². The monoisotopic (exact) mass is 161 g/mol. The van der Waals surface area contributed by atoms with Gasteiger partial charge in [0, 0.05) is 13.2 Å². The Labute approximate surface area is 66.3 Å². The largest absolute Gasteiger partial charge is 0.389 e. The molecule has 0 aromatic rings. The van der Waals surface area contributed by atoms with Gasteiger partial charge < -0.3 is 20.3 Å². The summed E-state index contributed by atoms with van der Waals surface area (Å²) in [7, 11) is 0. The molecule has 0 aromatic carbocycles. The quantitative estimate of drug-likeness (QED) is 0.561. The molecular formula is C7H15NO3. The molecule has 2 atom stereocenters. The first-order valence-electron chi connectivity index (χ1n) is 3.90. The Morgan fingerprint density at radius 3 is 3.09 bits per heavy atom. The summed E-state index contributed by atoms with van der Waals surface area (Å²) in [4.78, 5) is 0. The van der Waals surface area contributed by atoms with E-state index in [4.69, 9.17) is 20.3 Å². The maximum absolute atomic E-state index is 9.03. The van der Waals surface area contributed by atoms with Crippen molar-refractivity contribution in [1.29, 1.82) is 0 Å². The van der Waals surface area contributed by atoms with E-state index < -0.39 is 6.10 Å². The lowest BCUT2D eigenvalue weighted by atomic mass is 10.3. The van der Waals surface area contributed by atoms with Gasteiger partial charge in [-0.15, -0.1) is 0 Å². The van der Waals surface area contributed by atoms with Crippen LogP contribution in [0.15, 0.2) is 0 Å². The molecule has 4 heteroatoms. The molecule has 11 heavy (non-hydrogen) atoms. The number of hydrogen-bond acceptors (Lipinski definition) is 4. The first kappa shape index (κ1) is 8.93. The minimum atomic E-state index is -0.532. The van der Waals surface area contributed by atoms with Crippen molar-refractivity contribution >= 4 is 0 Å². The van der Waals surface area contributed by atoms with E-state index in [2.05, 4.69) is 0 Å². The van der Waals surface area contributed by atoms with E-state index in [0.717, 1.165) is 13.0 Å². The van der Waals surface area contributed by atoms with Gasteiger partial charge in [-0.25, -0.2) is 0 Å². The van der Waals surface area contributed by atoms with Crippen LogP contribution in [0, 0.1) is 0 Å². The fourth-order valence-electron chi connectivity index (χ4n) is 0.960. The average molecular weight is 161 g/mol. The second-order valence-electron chi connectivity index (χ2n) is 2.71. The molecule has 0 spiro atoms. The molecule has 2 unspecified atom stereocenters. The van der Waals surface area contributed by atoms with Crippen LogP contribution < -0.4 is 5.73 Å². The lowest BCUT2D eigenvalue weighted by Gasteiger charge is -2.12. The lowest BCUT2D eigenvalue weighted by Crippen LogP contribution is -2.28. The van der Waals surface area contributed by atoms with Crippen LogP contribution in [0.2, 0.25) is 0 Å². The molecule has 0 amide bonds. The summed E-state index contributed by atoms with van der Waals surface area (Å²) in [6.07, 6.45) is 0.559. The summed E-state index contributed by atoms with van der Waals surface area (Å²) in [5.41, 5.74) is 5.20. The van der Waals surface area contributed by atoms with Gasteiger partial charge in [-0.2, -0.15) is 0 Å². The van der Waals surface area contributed by atoms with E-state index in [1.165, 1.54) is 0 Å². The molecule has 0 saturated carbocycles. The van der Waals surface area contributed by atoms with E-state index in [1.54, 1.807) is 0 Å². The third kappa shape index (κ3) is 3.16. The minimum absolute atomic E-state index is 0.163. The second kappa shape index (κ2) is 4.66. The van der Waals surface area contributed by atoms with Crippen molar-refractivity contribution in [2.75, 3.05) is 26.4 Å². The van der Waals surface area contributed by atoms with E-state index in [0.29, 0.717) is 13.2 Å². The van der Waals surface area contributed by atoms with E-state index in [-0.39, 0.29) is 12.6 Å². The summed E-state index contributed by atoms with van der Waals surface area (Å²) < 4.78 is 10.4. The van der Waals surface area contributed by atoms with Gasteiger partial charge in [-0.1, -0.05) is 0 Å². The molecule has 1 rings (SSSR count). The highest BCUT2D eigenvalue weighted by Gasteiger charge is 2.16. The Hall–Kier alpha value is -0.160. The topological polar surface area (TPSA) is 64.7 Å². The molecule has 0 radical (unpaired) electrons. The normalized spacial score (nSPS) is 27.3. The molecule has 1 fully saturated rings. The zero-order chi connectivity index (χ0) is 8.10. The van der Waals surface area contributed by atoms with Crippen LogP contribution in [-0.2, 0) is 9.47 Å². The minimum Gasteiger partial charge on any atom is -0.389 e. The molecule has 1 aliphatic heterocycles. The Balaban J connectivity index is 2.01. The van der Waals surface area contributed by atoms with Crippen LogP contribution in [0.5, 0.6) is 0 Å². The van der Waals surface area contributed by atoms with Gasteiger partial charge in [0.25, 0.3) is 0 Å². The summed E-state index contributed by atoms with van der Waals surface area (Å²) in [5.74, 6) is 0. The Morgan fingerprint density at radius 2 is 2.55 bits per heavy atom. The van der Waals surface area contributed by atoms with Crippen LogP contribution in [-0.4, -0.2) is 43.7 Å². The molecule has 3 N–H and O–H groups in total. The van der Waals surface area contributed by atoms with Crippen molar-refractivity contribution in [3.05, 3.63) is 0 Å². The molecule has 1 aliphatic rings. The van der Waals surface area contributed by atoms with Gasteiger partial charge in [0.05, 0.1) is 25.4 Å². The SMILES string of the molecule is NCC(O)COC1CCOC1. The first-order chi connectivity index (χ1) is 5.33. The summed E-state index contributed by atoms with van der Waals surface area (Å²) in [6.45, 7) is 2.00. The van der Waals surface area contributed by atoms with E-state index >= 15 is 0 Å². The maximum atomic E-state index is 9.03. The highest BCUT2D eigenvalue weighted by atomic mass is 16.5. The number of nitrogens with two attached hydrogens (primary N) is 1. The van der Waals surface area contributed by atoms with Gasteiger partial charge >= 0.3 is 0 Å². The average Bonchev–Trinajstić information content (AvgIpc) is 2.52. The zero-order valence-corrected chi connectivity index (χ0v) is 6.53. The van der Waals surface area contributed by atoms with Gasteiger partial charge in [0.2, 0.25) is 0 Å². The number of aliphatic hydroxyl groups is 1. The summed E-state index contributed by atoms with van der Waals surface area (Å²) in [5, 5.41) is 9.03. The van der Waals surface area contributed by atoms with Crippen LogP contribution in [0.3, 0.4) is 0 Å². The standard InChI is InChI=1S/C7H15NO3/c8-3-6(9)4-11-7-1-2-10-5-7/h6-7,9H,1-5,8H2. The Bertz CT molecular complexity index is 104. The van der Waals surface area contributed by atoms with E-state index in [9.17, 15) is 0 Å². The molecule has 1 saturated heterocycles. The first-order valence-corrected chi connectivity index (χ1v) is 3.90. The van der Waals surface area contributed by atoms with Crippen LogP contribution >= 0.6 is 0 Å². The number of hydrogen-bond donors (Lipinski definition) is 2. The van der Waals surface area contributed by atoms with Crippen LogP contribution in [0.25, 0.3) is 0 Å². The second-order valence-corrected chi connectivity index (χ2v) is 2.71. The number of ether oxygens (including phenoxy) is 2. The molecule has 4 nitrogen and oxygen atoms in total. The van der Waals surface area contributed by atoms with Gasteiger partial charge in [0.15, 0.2) is 0 Å². The number of aliphatic hydroxyl groups excluding tert-OH is 1. The fourth-order valence-corrected chi connectivity index (χ4v) is 0.960. The van der Waals surface area contributed by atoms with Crippen molar-refractivity contribution in [1.82, 2.24) is 0 Å². The van der Waals surface area contributed by atoms with Gasteiger partial charge in [-0.05, 0) is 6.42 Å². The van der Waals surface area contributed by atoms with Gasteiger partial charge in [-0.3, -0.25) is 0 Å². The molecule has 1 heterocycles. The number of rotatable bonds is 4. The highest BCUT2D eigenvalue weighted by Crippen LogP contribution is 2.07. The zero-order valence-electron chi connectivity index (χ0n) is 6.53. The Morgan fingerprint density at radius 1 is 1.73 bits per heavy atom. The summed E-state index contributed by atoms with van der Waals surface area (Å²) >= 11 is 0.